The summed E-state index contributed by atoms with van der Waals surface area (Å²) in [6, 6.07) is 1.70. The lowest BCUT2D eigenvalue weighted by Crippen LogP contribution is -2.27. The van der Waals surface area contributed by atoms with E-state index in [9.17, 15) is 4.57 Å². The summed E-state index contributed by atoms with van der Waals surface area (Å²) in [6.07, 6.45) is 0.00254. The molecule has 2 heterocycles. The van der Waals surface area contributed by atoms with Crippen molar-refractivity contribution in [3.05, 3.63) is 10.7 Å². The van der Waals surface area contributed by atoms with Gasteiger partial charge in [0.25, 0.3) is 0 Å². The molecule has 0 aliphatic carbocycles. The minimum atomic E-state index is -2.39. The van der Waals surface area contributed by atoms with Gasteiger partial charge in [-0.05, 0) is 36.2 Å². The molecule has 0 saturated heterocycles. The molecule has 0 N–H and O–H groups in total. The molecule has 0 saturated carbocycles. The van der Waals surface area contributed by atoms with Crippen LogP contribution in [0.5, 0.6) is 11.5 Å². The van der Waals surface area contributed by atoms with Crippen molar-refractivity contribution < 1.29 is 14.0 Å². The maximum Gasteiger partial charge on any atom is 0.194 e. The fourth-order valence-electron chi connectivity index (χ4n) is 1.41. The van der Waals surface area contributed by atoms with E-state index in [1.165, 1.54) is 0 Å². The molecular weight excluding hydrogens is 293 g/mol. The first-order chi connectivity index (χ1) is 7.38. The molecule has 2 rings (SSSR count). The maximum absolute atomic E-state index is 12.0. The van der Waals surface area contributed by atoms with Crippen molar-refractivity contribution in [1.29, 1.82) is 0 Å². The second-order valence-corrected chi connectivity index (χ2v) is 8.10. The van der Waals surface area contributed by atoms with Gasteiger partial charge < -0.3 is 14.0 Å². The maximum atomic E-state index is 12.0. The quantitative estimate of drug-likeness (QED) is 0.590. The predicted octanol–water partition coefficient (Wildman–Crippen LogP) is 2.25. The van der Waals surface area contributed by atoms with Crippen LogP contribution in [0, 0.1) is 0 Å². The van der Waals surface area contributed by atoms with E-state index in [4.69, 9.17) is 9.47 Å². The molecule has 1 aromatic rings. The molecule has 0 amide bonds. The topological polar surface area (TPSA) is 48.4 Å². The normalized spacial score (nSPS) is 19.6. The van der Waals surface area contributed by atoms with Crippen molar-refractivity contribution in [1.82, 2.24) is 4.98 Å². The molecular formula is C10H13BrNO3P. The van der Waals surface area contributed by atoms with Gasteiger partial charge in [0.1, 0.15) is 25.3 Å². The predicted molar refractivity (Wildman–Crippen MR) is 66.6 cm³/mol. The van der Waals surface area contributed by atoms with E-state index >= 15 is 0 Å². The molecule has 1 aliphatic rings. The SMILES string of the molecule is CC1COc2c(cc(P(C)(C)=O)nc2Br)O1. The first-order valence-electron chi connectivity index (χ1n) is 4.93. The number of hydrogen-bond donors (Lipinski definition) is 0. The number of hydrogen-bond acceptors (Lipinski definition) is 4. The van der Waals surface area contributed by atoms with E-state index in [1.54, 1.807) is 19.4 Å². The summed E-state index contributed by atoms with van der Waals surface area (Å²) in [6.45, 7) is 5.79. The van der Waals surface area contributed by atoms with Crippen molar-refractivity contribution in [3.63, 3.8) is 0 Å². The molecule has 0 spiro atoms. The van der Waals surface area contributed by atoms with Crippen molar-refractivity contribution in [2.45, 2.75) is 13.0 Å². The van der Waals surface area contributed by atoms with Gasteiger partial charge in [-0.2, -0.15) is 0 Å². The fraction of sp³-hybridized carbons (Fsp3) is 0.500. The molecule has 6 heteroatoms. The summed E-state index contributed by atoms with van der Waals surface area (Å²) in [5.41, 5.74) is 0.552. The third-order valence-corrected chi connectivity index (χ3v) is 4.10. The van der Waals surface area contributed by atoms with Gasteiger partial charge in [-0.3, -0.25) is 0 Å². The Bertz CT molecular complexity index is 471. The Hall–Kier alpha value is -0.540. The van der Waals surface area contributed by atoms with E-state index in [2.05, 4.69) is 20.9 Å². The molecule has 0 radical (unpaired) electrons. The average molecular weight is 306 g/mol. The highest BCUT2D eigenvalue weighted by atomic mass is 79.9. The standard InChI is InChI=1S/C10H13BrNO3P/c1-6-5-14-9-7(15-6)4-8(12-10(9)11)16(2,3)13/h4,6H,5H2,1-3H3. The van der Waals surface area contributed by atoms with Crippen LogP contribution < -0.4 is 14.9 Å². The zero-order valence-corrected chi connectivity index (χ0v) is 11.8. The number of pyridine rings is 1. The molecule has 0 aromatic carbocycles. The Morgan fingerprint density at radius 3 is 2.88 bits per heavy atom. The van der Waals surface area contributed by atoms with Gasteiger partial charge in [-0.1, -0.05) is 0 Å². The van der Waals surface area contributed by atoms with Gasteiger partial charge >= 0.3 is 0 Å². The minimum Gasteiger partial charge on any atom is -0.483 e. The lowest BCUT2D eigenvalue weighted by atomic mass is 10.3. The van der Waals surface area contributed by atoms with Crippen LogP contribution in [0.3, 0.4) is 0 Å². The molecule has 88 valence electrons. The van der Waals surface area contributed by atoms with Crippen LogP contribution in [0.15, 0.2) is 10.7 Å². The molecule has 4 nitrogen and oxygen atoms in total. The highest BCUT2D eigenvalue weighted by Crippen LogP contribution is 2.41. The Balaban J connectivity index is 2.52. The summed E-state index contributed by atoms with van der Waals surface area (Å²) >= 11 is 3.31. The fourth-order valence-corrected chi connectivity index (χ4v) is 2.82. The van der Waals surface area contributed by atoms with E-state index < -0.39 is 7.14 Å². The Morgan fingerprint density at radius 1 is 1.56 bits per heavy atom. The molecule has 1 aliphatic heterocycles. The van der Waals surface area contributed by atoms with Crippen molar-refractivity contribution in [3.8, 4) is 11.5 Å². The highest BCUT2D eigenvalue weighted by molar-refractivity contribution is 9.10. The molecule has 0 bridgehead atoms. The third-order valence-electron chi connectivity index (χ3n) is 2.23. The first-order valence-corrected chi connectivity index (χ1v) is 8.33. The van der Waals surface area contributed by atoms with Gasteiger partial charge in [0, 0.05) is 6.07 Å². The number of nitrogens with zero attached hydrogens (tertiary/aromatic N) is 1. The summed E-state index contributed by atoms with van der Waals surface area (Å²) in [4.78, 5) is 4.23. The van der Waals surface area contributed by atoms with Gasteiger partial charge in [0.15, 0.2) is 16.1 Å². The number of halogens is 1. The average Bonchev–Trinajstić information content (AvgIpc) is 2.15. The number of fused-ring (bicyclic) bond motifs is 1. The zero-order chi connectivity index (χ0) is 11.9. The van der Waals surface area contributed by atoms with Gasteiger partial charge in [-0.25, -0.2) is 4.98 Å². The van der Waals surface area contributed by atoms with Gasteiger partial charge in [0.2, 0.25) is 0 Å². The van der Waals surface area contributed by atoms with Crippen LogP contribution in [0.1, 0.15) is 6.92 Å². The lowest BCUT2D eigenvalue weighted by Gasteiger charge is -2.25. The monoisotopic (exact) mass is 305 g/mol. The van der Waals surface area contributed by atoms with Crippen LogP contribution in [-0.4, -0.2) is 31.0 Å². The lowest BCUT2D eigenvalue weighted by molar-refractivity contribution is 0.103. The zero-order valence-electron chi connectivity index (χ0n) is 9.36. The highest BCUT2D eigenvalue weighted by Gasteiger charge is 2.24. The van der Waals surface area contributed by atoms with E-state index in [-0.39, 0.29) is 6.10 Å². The van der Waals surface area contributed by atoms with E-state index in [0.29, 0.717) is 28.1 Å². The van der Waals surface area contributed by atoms with Crippen LogP contribution in [0.2, 0.25) is 0 Å². The van der Waals surface area contributed by atoms with Crippen molar-refractivity contribution >= 4 is 28.5 Å². The van der Waals surface area contributed by atoms with Crippen LogP contribution >= 0.6 is 23.1 Å². The second-order valence-electron chi connectivity index (χ2n) is 4.19. The van der Waals surface area contributed by atoms with Crippen LogP contribution in [0.4, 0.5) is 0 Å². The minimum absolute atomic E-state index is 0.00254. The number of rotatable bonds is 1. The first kappa shape index (κ1) is 11.9. The van der Waals surface area contributed by atoms with E-state index in [1.807, 2.05) is 6.92 Å². The van der Waals surface area contributed by atoms with Gasteiger partial charge in [-0.15, -0.1) is 0 Å². The summed E-state index contributed by atoms with van der Waals surface area (Å²) in [5.74, 6) is 1.20. The van der Waals surface area contributed by atoms with Gasteiger partial charge in [0.05, 0.1) is 0 Å². The van der Waals surface area contributed by atoms with Crippen molar-refractivity contribution in [2.24, 2.45) is 0 Å². The summed E-state index contributed by atoms with van der Waals surface area (Å²) in [5, 5.41) is 0. The van der Waals surface area contributed by atoms with Crippen LogP contribution in [-0.2, 0) is 4.57 Å². The molecule has 1 unspecified atom stereocenters. The Kier molecular flexibility index (Phi) is 3.01. The second kappa shape index (κ2) is 4.04. The summed E-state index contributed by atoms with van der Waals surface area (Å²) < 4.78 is 23.7. The number of ether oxygens (including phenoxy) is 2. The third kappa shape index (κ3) is 2.25. The smallest absolute Gasteiger partial charge is 0.194 e. The Morgan fingerprint density at radius 2 is 2.25 bits per heavy atom. The Labute approximate surface area is 103 Å². The molecule has 0 fully saturated rings. The van der Waals surface area contributed by atoms with Crippen LogP contribution in [0.25, 0.3) is 0 Å². The summed E-state index contributed by atoms with van der Waals surface area (Å²) in [7, 11) is -2.39. The molecule has 16 heavy (non-hydrogen) atoms. The van der Waals surface area contributed by atoms with Crippen molar-refractivity contribution in [2.75, 3.05) is 19.9 Å². The molecule has 1 aromatic heterocycles. The molecule has 1 atom stereocenters. The number of aromatic nitrogens is 1. The largest absolute Gasteiger partial charge is 0.483 e. The van der Waals surface area contributed by atoms with E-state index in [0.717, 1.165) is 0 Å².